The van der Waals surface area contributed by atoms with Gasteiger partial charge in [-0.3, -0.25) is 4.79 Å². The number of halogens is 2. The van der Waals surface area contributed by atoms with Gasteiger partial charge in [-0.05, 0) is 48.7 Å². The van der Waals surface area contributed by atoms with Crippen LogP contribution in [0.25, 0.3) is 0 Å². The van der Waals surface area contributed by atoms with Crippen LogP contribution in [0, 0.1) is 0 Å². The number of rotatable bonds is 6. The van der Waals surface area contributed by atoms with E-state index in [1.54, 1.807) is 24.3 Å². The molecule has 0 unspecified atom stereocenters. The van der Waals surface area contributed by atoms with E-state index in [4.69, 9.17) is 27.9 Å². The number of sulfonamides is 1. The molecule has 162 valence electrons. The summed E-state index contributed by atoms with van der Waals surface area (Å²) in [5.74, 6) is 0.0586. The van der Waals surface area contributed by atoms with E-state index in [2.05, 4.69) is 5.32 Å². The summed E-state index contributed by atoms with van der Waals surface area (Å²) in [5.41, 5.74) is 0.993. The summed E-state index contributed by atoms with van der Waals surface area (Å²) in [4.78, 5) is 12.7. The van der Waals surface area contributed by atoms with E-state index in [-0.39, 0.29) is 17.2 Å². The fourth-order valence-electron chi connectivity index (χ4n) is 3.41. The minimum Gasteiger partial charge on any atom is -0.495 e. The van der Waals surface area contributed by atoms with Crippen LogP contribution in [-0.4, -0.2) is 38.8 Å². The van der Waals surface area contributed by atoms with Crippen LogP contribution in [0.5, 0.6) is 5.75 Å². The van der Waals surface area contributed by atoms with Crippen LogP contribution >= 0.6 is 23.2 Å². The summed E-state index contributed by atoms with van der Waals surface area (Å²) in [6.07, 6.45) is 3.82. The quantitative estimate of drug-likeness (QED) is 0.660. The van der Waals surface area contributed by atoms with Crippen LogP contribution in [0.3, 0.4) is 0 Å². The Bertz CT molecular complexity index is 1020. The van der Waals surface area contributed by atoms with Crippen LogP contribution in [0.2, 0.25) is 10.0 Å². The van der Waals surface area contributed by atoms with Crippen LogP contribution < -0.4 is 10.1 Å². The lowest BCUT2D eigenvalue weighted by molar-refractivity contribution is -0.115. The maximum Gasteiger partial charge on any atom is 0.243 e. The molecule has 0 aromatic heterocycles. The van der Waals surface area contributed by atoms with Crippen molar-refractivity contribution in [3.63, 3.8) is 0 Å². The Morgan fingerprint density at radius 2 is 1.73 bits per heavy atom. The highest BCUT2D eigenvalue weighted by Gasteiger charge is 2.26. The molecular weight excluding hydrogens is 447 g/mol. The molecule has 0 aliphatic carbocycles. The summed E-state index contributed by atoms with van der Waals surface area (Å²) in [6, 6.07) is 9.48. The average Bonchev–Trinajstić information content (AvgIpc) is 3.01. The monoisotopic (exact) mass is 470 g/mol. The van der Waals surface area contributed by atoms with Gasteiger partial charge in [0.1, 0.15) is 5.75 Å². The van der Waals surface area contributed by atoms with E-state index in [1.165, 1.54) is 23.5 Å². The lowest BCUT2D eigenvalue weighted by Crippen LogP contribution is -2.32. The zero-order valence-corrected chi connectivity index (χ0v) is 19.0. The van der Waals surface area contributed by atoms with Crippen molar-refractivity contribution in [3.05, 3.63) is 52.0 Å². The van der Waals surface area contributed by atoms with E-state index in [9.17, 15) is 13.2 Å². The van der Waals surface area contributed by atoms with Gasteiger partial charge < -0.3 is 10.1 Å². The summed E-state index contributed by atoms with van der Waals surface area (Å²) in [6.45, 7) is 1.01. The van der Waals surface area contributed by atoms with Crippen molar-refractivity contribution >= 4 is 44.8 Å². The molecule has 1 amide bonds. The normalized spacial score (nSPS) is 15.4. The third kappa shape index (κ3) is 5.46. The standard InChI is InChI=1S/C21H24Cl2N2O4S/c1-29-20-9-7-16(30(27,28)25-10-4-2-3-5-11-25)14-19(20)24-21(26)13-15-6-8-17(22)18(23)12-15/h6-9,12,14H,2-5,10-11,13H2,1H3,(H,24,26). The van der Waals surface area contributed by atoms with Crippen LogP contribution in [0.1, 0.15) is 31.2 Å². The van der Waals surface area contributed by atoms with Crippen molar-refractivity contribution in [2.75, 3.05) is 25.5 Å². The van der Waals surface area contributed by atoms with Gasteiger partial charge in [-0.1, -0.05) is 42.1 Å². The number of carbonyl (C=O) groups is 1. The molecule has 0 radical (unpaired) electrons. The van der Waals surface area contributed by atoms with Crippen LogP contribution in [0.4, 0.5) is 5.69 Å². The molecule has 0 saturated carbocycles. The summed E-state index contributed by atoms with van der Waals surface area (Å²) in [7, 11) is -2.18. The first-order valence-electron chi connectivity index (χ1n) is 9.73. The highest BCUT2D eigenvalue weighted by atomic mass is 35.5. The molecule has 1 N–H and O–H groups in total. The fraction of sp³-hybridized carbons (Fsp3) is 0.381. The molecule has 2 aromatic rings. The maximum atomic E-state index is 13.1. The van der Waals surface area contributed by atoms with Gasteiger partial charge >= 0.3 is 0 Å². The van der Waals surface area contributed by atoms with Crippen molar-refractivity contribution < 1.29 is 17.9 Å². The fourth-order valence-corrected chi connectivity index (χ4v) is 5.27. The highest BCUT2D eigenvalue weighted by molar-refractivity contribution is 7.89. The number of amides is 1. The Hall–Kier alpha value is -1.80. The Morgan fingerprint density at radius 1 is 1.03 bits per heavy atom. The SMILES string of the molecule is COc1ccc(S(=O)(=O)N2CCCCCC2)cc1NC(=O)Cc1ccc(Cl)c(Cl)c1. The van der Waals surface area contributed by atoms with Gasteiger partial charge in [0.25, 0.3) is 0 Å². The smallest absolute Gasteiger partial charge is 0.243 e. The predicted molar refractivity (Wildman–Crippen MR) is 119 cm³/mol. The van der Waals surface area contributed by atoms with Gasteiger partial charge in [0.2, 0.25) is 15.9 Å². The van der Waals surface area contributed by atoms with Gasteiger partial charge in [0, 0.05) is 13.1 Å². The highest BCUT2D eigenvalue weighted by Crippen LogP contribution is 2.30. The summed E-state index contributed by atoms with van der Waals surface area (Å²) < 4.78 is 33.0. The summed E-state index contributed by atoms with van der Waals surface area (Å²) in [5, 5.41) is 3.53. The second-order valence-corrected chi connectivity index (χ2v) is 9.91. The lowest BCUT2D eigenvalue weighted by Gasteiger charge is -2.21. The molecule has 1 saturated heterocycles. The van der Waals surface area contributed by atoms with E-state index in [0.717, 1.165) is 25.7 Å². The van der Waals surface area contributed by atoms with E-state index >= 15 is 0 Å². The van der Waals surface area contributed by atoms with Crippen molar-refractivity contribution in [3.8, 4) is 5.75 Å². The Morgan fingerprint density at radius 3 is 2.37 bits per heavy atom. The number of carbonyl (C=O) groups excluding carboxylic acids is 1. The number of hydrogen-bond acceptors (Lipinski definition) is 4. The lowest BCUT2D eigenvalue weighted by atomic mass is 10.1. The first-order chi connectivity index (χ1) is 14.3. The van der Waals surface area contributed by atoms with Crippen molar-refractivity contribution in [2.45, 2.75) is 37.0 Å². The molecule has 1 aliphatic heterocycles. The number of benzene rings is 2. The molecule has 0 atom stereocenters. The zero-order chi connectivity index (χ0) is 21.7. The van der Waals surface area contributed by atoms with Gasteiger partial charge in [-0.15, -0.1) is 0 Å². The second kappa shape index (κ2) is 10.0. The van der Waals surface area contributed by atoms with Gasteiger partial charge in [-0.25, -0.2) is 8.42 Å². The van der Waals surface area contributed by atoms with Crippen molar-refractivity contribution in [1.29, 1.82) is 0 Å². The molecule has 9 heteroatoms. The number of nitrogens with zero attached hydrogens (tertiary/aromatic N) is 1. The first-order valence-corrected chi connectivity index (χ1v) is 11.9. The van der Waals surface area contributed by atoms with E-state index in [0.29, 0.717) is 40.1 Å². The first kappa shape index (κ1) is 22.9. The van der Waals surface area contributed by atoms with Crippen molar-refractivity contribution in [2.24, 2.45) is 0 Å². The maximum absolute atomic E-state index is 13.1. The number of hydrogen-bond donors (Lipinski definition) is 1. The second-order valence-electron chi connectivity index (χ2n) is 7.15. The van der Waals surface area contributed by atoms with Crippen LogP contribution in [0.15, 0.2) is 41.3 Å². The molecule has 1 fully saturated rings. The molecule has 0 bridgehead atoms. The zero-order valence-electron chi connectivity index (χ0n) is 16.7. The molecule has 1 heterocycles. The molecule has 2 aromatic carbocycles. The summed E-state index contributed by atoms with van der Waals surface area (Å²) >= 11 is 11.9. The average molecular weight is 471 g/mol. The minimum absolute atomic E-state index is 0.0587. The topological polar surface area (TPSA) is 75.7 Å². The van der Waals surface area contributed by atoms with Gasteiger partial charge in [0.05, 0.1) is 34.2 Å². The van der Waals surface area contributed by atoms with E-state index < -0.39 is 10.0 Å². The molecule has 1 aliphatic rings. The largest absolute Gasteiger partial charge is 0.495 e. The third-order valence-electron chi connectivity index (χ3n) is 5.00. The van der Waals surface area contributed by atoms with Gasteiger partial charge in [0.15, 0.2) is 0 Å². The number of ether oxygens (including phenoxy) is 1. The Kier molecular flexibility index (Phi) is 7.63. The van der Waals surface area contributed by atoms with Crippen LogP contribution in [-0.2, 0) is 21.2 Å². The third-order valence-corrected chi connectivity index (χ3v) is 7.63. The predicted octanol–water partition coefficient (Wildman–Crippen LogP) is 4.75. The molecule has 3 rings (SSSR count). The number of nitrogens with one attached hydrogen (secondary N) is 1. The van der Waals surface area contributed by atoms with E-state index in [1.807, 2.05) is 0 Å². The number of anilines is 1. The Labute approximate surface area is 187 Å². The number of methoxy groups -OCH3 is 1. The van der Waals surface area contributed by atoms with Gasteiger partial charge in [-0.2, -0.15) is 4.31 Å². The molecule has 0 spiro atoms. The van der Waals surface area contributed by atoms with Crippen molar-refractivity contribution in [1.82, 2.24) is 4.31 Å². The minimum atomic E-state index is -3.64. The molecule has 6 nitrogen and oxygen atoms in total. The Balaban J connectivity index is 1.81. The molecule has 30 heavy (non-hydrogen) atoms. The molecular formula is C21H24Cl2N2O4S.